The molecule has 0 aliphatic carbocycles. The summed E-state index contributed by atoms with van der Waals surface area (Å²) in [6.45, 7) is 3.97. The summed E-state index contributed by atoms with van der Waals surface area (Å²) in [5, 5.41) is 8.75. The Morgan fingerprint density at radius 2 is 1.95 bits per heavy atom. The number of anilines is 1. The van der Waals surface area contributed by atoms with Gasteiger partial charge in [0.25, 0.3) is 0 Å². The molecular formula is C15H22N2O2. The first-order valence-corrected chi connectivity index (χ1v) is 6.70. The Morgan fingerprint density at radius 1 is 1.37 bits per heavy atom. The average molecular weight is 262 g/mol. The fourth-order valence-corrected chi connectivity index (χ4v) is 2.56. The zero-order valence-electron chi connectivity index (χ0n) is 11.8. The largest absolute Gasteiger partial charge is 0.481 e. The lowest BCUT2D eigenvalue weighted by Gasteiger charge is -2.43. The third kappa shape index (κ3) is 3.26. The molecule has 19 heavy (non-hydrogen) atoms. The van der Waals surface area contributed by atoms with Crippen LogP contribution in [-0.2, 0) is 4.79 Å². The molecule has 1 atom stereocenters. The van der Waals surface area contributed by atoms with Gasteiger partial charge in [0, 0.05) is 38.9 Å². The summed E-state index contributed by atoms with van der Waals surface area (Å²) in [6.07, 6.45) is 0.294. The van der Waals surface area contributed by atoms with Crippen LogP contribution in [0, 0.1) is 5.92 Å². The lowest BCUT2D eigenvalue weighted by atomic mass is 9.92. The van der Waals surface area contributed by atoms with Crippen LogP contribution in [0.3, 0.4) is 0 Å². The maximum Gasteiger partial charge on any atom is 0.303 e. The van der Waals surface area contributed by atoms with Crippen molar-refractivity contribution in [2.75, 3.05) is 32.1 Å². The first-order chi connectivity index (χ1) is 8.97. The van der Waals surface area contributed by atoms with E-state index in [0.29, 0.717) is 18.4 Å². The summed E-state index contributed by atoms with van der Waals surface area (Å²) < 4.78 is 0. The van der Waals surface area contributed by atoms with E-state index >= 15 is 0 Å². The molecule has 0 spiro atoms. The smallest absolute Gasteiger partial charge is 0.303 e. The topological polar surface area (TPSA) is 43.8 Å². The number of rotatable bonds is 5. The van der Waals surface area contributed by atoms with Crippen LogP contribution in [0.5, 0.6) is 0 Å². The SMILES string of the molecule is CC(c1ccc(N(C)C)cc1)N1CC(CC(=O)O)C1. The van der Waals surface area contributed by atoms with Crippen molar-refractivity contribution in [3.63, 3.8) is 0 Å². The van der Waals surface area contributed by atoms with Gasteiger partial charge in [-0.25, -0.2) is 0 Å². The molecule has 0 bridgehead atoms. The van der Waals surface area contributed by atoms with Gasteiger partial charge in [-0.15, -0.1) is 0 Å². The summed E-state index contributed by atoms with van der Waals surface area (Å²) in [4.78, 5) is 15.0. The second-order valence-electron chi connectivity index (χ2n) is 5.58. The number of carboxylic acid groups (broad SMARTS) is 1. The molecule has 1 aromatic rings. The minimum atomic E-state index is -0.687. The Bertz CT molecular complexity index is 436. The number of benzene rings is 1. The molecule has 1 N–H and O–H groups in total. The van der Waals surface area contributed by atoms with Gasteiger partial charge >= 0.3 is 5.97 Å². The predicted molar refractivity (Wildman–Crippen MR) is 76.5 cm³/mol. The van der Waals surface area contributed by atoms with Gasteiger partial charge in [0.05, 0.1) is 6.42 Å². The van der Waals surface area contributed by atoms with E-state index in [1.54, 1.807) is 0 Å². The molecule has 1 aliphatic rings. The van der Waals surface area contributed by atoms with Gasteiger partial charge in [-0.1, -0.05) is 12.1 Å². The number of hydrogen-bond donors (Lipinski definition) is 1. The van der Waals surface area contributed by atoms with Crippen molar-refractivity contribution >= 4 is 11.7 Å². The van der Waals surface area contributed by atoms with Crippen molar-refractivity contribution in [2.45, 2.75) is 19.4 Å². The molecular weight excluding hydrogens is 240 g/mol. The fraction of sp³-hybridized carbons (Fsp3) is 0.533. The second kappa shape index (κ2) is 5.61. The lowest BCUT2D eigenvalue weighted by molar-refractivity contribution is -0.139. The summed E-state index contributed by atoms with van der Waals surface area (Å²) in [7, 11) is 4.06. The predicted octanol–water partition coefficient (Wildman–Crippen LogP) is 2.22. The van der Waals surface area contributed by atoms with Crippen molar-refractivity contribution in [1.82, 2.24) is 4.90 Å². The van der Waals surface area contributed by atoms with E-state index in [0.717, 1.165) is 13.1 Å². The van der Waals surface area contributed by atoms with E-state index < -0.39 is 5.97 Å². The quantitative estimate of drug-likeness (QED) is 0.883. The third-order valence-corrected chi connectivity index (χ3v) is 3.89. The van der Waals surface area contributed by atoms with E-state index in [2.05, 4.69) is 41.0 Å². The van der Waals surface area contributed by atoms with Crippen LogP contribution in [0.15, 0.2) is 24.3 Å². The Hall–Kier alpha value is -1.55. The molecule has 104 valence electrons. The van der Waals surface area contributed by atoms with Gasteiger partial charge in [-0.05, 0) is 30.5 Å². The number of hydrogen-bond acceptors (Lipinski definition) is 3. The van der Waals surface area contributed by atoms with Gasteiger partial charge < -0.3 is 10.0 Å². The van der Waals surface area contributed by atoms with E-state index in [4.69, 9.17) is 5.11 Å². The third-order valence-electron chi connectivity index (χ3n) is 3.89. The van der Waals surface area contributed by atoms with Crippen LogP contribution in [0.1, 0.15) is 24.9 Å². The van der Waals surface area contributed by atoms with Crippen LogP contribution >= 0.6 is 0 Å². The second-order valence-corrected chi connectivity index (χ2v) is 5.58. The highest BCUT2D eigenvalue weighted by Crippen LogP contribution is 2.30. The molecule has 0 aromatic heterocycles. The minimum Gasteiger partial charge on any atom is -0.481 e. The Kier molecular flexibility index (Phi) is 4.10. The molecule has 4 heteroatoms. The molecule has 1 aliphatic heterocycles. The zero-order valence-corrected chi connectivity index (χ0v) is 11.8. The van der Waals surface area contributed by atoms with Crippen LogP contribution in [0.4, 0.5) is 5.69 Å². The zero-order chi connectivity index (χ0) is 14.0. The van der Waals surface area contributed by atoms with Gasteiger partial charge in [0.2, 0.25) is 0 Å². The number of nitrogens with zero attached hydrogens (tertiary/aromatic N) is 2. The monoisotopic (exact) mass is 262 g/mol. The van der Waals surface area contributed by atoms with Gasteiger partial charge in [0.1, 0.15) is 0 Å². The highest BCUT2D eigenvalue weighted by Gasteiger charge is 2.32. The van der Waals surface area contributed by atoms with Gasteiger partial charge in [0.15, 0.2) is 0 Å². The number of likely N-dealkylation sites (tertiary alicyclic amines) is 1. The molecule has 0 radical (unpaired) electrons. The fourth-order valence-electron chi connectivity index (χ4n) is 2.56. The van der Waals surface area contributed by atoms with Crippen molar-refractivity contribution in [3.05, 3.63) is 29.8 Å². The highest BCUT2D eigenvalue weighted by atomic mass is 16.4. The standard InChI is InChI=1S/C15H22N2O2/c1-11(17-9-12(10-17)8-15(18)19)13-4-6-14(7-5-13)16(2)3/h4-7,11-12H,8-10H2,1-3H3,(H,18,19). The van der Waals surface area contributed by atoms with Crippen LogP contribution in [0.25, 0.3) is 0 Å². The molecule has 1 unspecified atom stereocenters. The molecule has 4 nitrogen and oxygen atoms in total. The van der Waals surface area contributed by atoms with Gasteiger partial charge in [-0.2, -0.15) is 0 Å². The molecule has 1 fully saturated rings. The normalized spacial score (nSPS) is 17.8. The van der Waals surface area contributed by atoms with Gasteiger partial charge in [-0.3, -0.25) is 9.69 Å². The maximum atomic E-state index is 10.6. The first kappa shape index (κ1) is 13.9. The molecule has 1 heterocycles. The molecule has 0 amide bonds. The molecule has 0 saturated carbocycles. The van der Waals surface area contributed by atoms with Crippen molar-refractivity contribution in [3.8, 4) is 0 Å². The van der Waals surface area contributed by atoms with Crippen LogP contribution in [-0.4, -0.2) is 43.2 Å². The number of carbonyl (C=O) groups is 1. The summed E-state index contributed by atoms with van der Waals surface area (Å²) in [6, 6.07) is 8.93. The Morgan fingerprint density at radius 3 is 2.42 bits per heavy atom. The lowest BCUT2D eigenvalue weighted by Crippen LogP contribution is -2.48. The van der Waals surface area contributed by atoms with E-state index in [9.17, 15) is 4.79 Å². The number of carboxylic acids is 1. The summed E-state index contributed by atoms with van der Waals surface area (Å²) in [5.41, 5.74) is 2.49. The molecule has 1 saturated heterocycles. The summed E-state index contributed by atoms with van der Waals surface area (Å²) in [5.74, 6) is -0.367. The van der Waals surface area contributed by atoms with Crippen molar-refractivity contribution in [1.29, 1.82) is 0 Å². The summed E-state index contributed by atoms with van der Waals surface area (Å²) >= 11 is 0. The Labute approximate surface area is 114 Å². The van der Waals surface area contributed by atoms with Crippen LogP contribution < -0.4 is 4.90 Å². The van der Waals surface area contributed by atoms with Crippen LogP contribution in [0.2, 0.25) is 0 Å². The molecule has 1 aromatic carbocycles. The Balaban J connectivity index is 1.90. The van der Waals surface area contributed by atoms with E-state index in [1.165, 1.54) is 11.3 Å². The van der Waals surface area contributed by atoms with Crippen molar-refractivity contribution in [2.24, 2.45) is 5.92 Å². The minimum absolute atomic E-state index is 0.294. The van der Waals surface area contributed by atoms with E-state index in [1.807, 2.05) is 14.1 Å². The average Bonchev–Trinajstić information content (AvgIpc) is 2.32. The van der Waals surface area contributed by atoms with Crippen molar-refractivity contribution < 1.29 is 9.90 Å². The first-order valence-electron chi connectivity index (χ1n) is 6.70. The van der Waals surface area contributed by atoms with E-state index in [-0.39, 0.29) is 0 Å². The number of aliphatic carboxylic acids is 1. The maximum absolute atomic E-state index is 10.6. The highest BCUT2D eigenvalue weighted by molar-refractivity contribution is 5.67. The molecule has 2 rings (SSSR count).